The Balaban J connectivity index is 1.60. The highest BCUT2D eigenvalue weighted by Gasteiger charge is 2.35. The highest BCUT2D eigenvalue weighted by atomic mass is 16.2. The molecule has 24 heavy (non-hydrogen) atoms. The van der Waals surface area contributed by atoms with Crippen LogP contribution in [0.15, 0.2) is 24.3 Å². The molecule has 1 fully saturated rings. The third-order valence-corrected chi connectivity index (χ3v) is 4.41. The number of amides is 2. The average Bonchev–Trinajstić information content (AvgIpc) is 3.11. The molecule has 1 unspecified atom stereocenters. The van der Waals surface area contributed by atoms with Gasteiger partial charge in [-0.2, -0.15) is 0 Å². The summed E-state index contributed by atoms with van der Waals surface area (Å²) in [5.41, 5.74) is 1.78. The highest BCUT2D eigenvalue weighted by molar-refractivity contribution is 5.89. The Morgan fingerprint density at radius 2 is 2.08 bits per heavy atom. The van der Waals surface area contributed by atoms with Crippen LogP contribution in [-0.2, 0) is 16.1 Å². The van der Waals surface area contributed by atoms with Gasteiger partial charge in [-0.3, -0.25) is 9.59 Å². The van der Waals surface area contributed by atoms with E-state index >= 15 is 0 Å². The van der Waals surface area contributed by atoms with Crippen LogP contribution in [0.5, 0.6) is 0 Å². The first-order chi connectivity index (χ1) is 11.5. The van der Waals surface area contributed by atoms with Gasteiger partial charge in [0.05, 0.1) is 18.0 Å². The zero-order valence-corrected chi connectivity index (χ0v) is 14.3. The van der Waals surface area contributed by atoms with Crippen molar-refractivity contribution in [2.75, 3.05) is 6.54 Å². The van der Waals surface area contributed by atoms with Crippen LogP contribution in [0.2, 0.25) is 0 Å². The minimum absolute atomic E-state index is 0.0556. The Morgan fingerprint density at radius 1 is 1.33 bits per heavy atom. The first-order valence-electron chi connectivity index (χ1n) is 8.33. The van der Waals surface area contributed by atoms with Crippen molar-refractivity contribution in [1.29, 1.82) is 0 Å². The second kappa shape index (κ2) is 6.59. The minimum atomic E-state index is -0.269. The molecular formula is C17H23N5O2. The quantitative estimate of drug-likeness (QED) is 0.893. The number of benzene rings is 1. The van der Waals surface area contributed by atoms with Crippen molar-refractivity contribution >= 4 is 22.8 Å². The lowest BCUT2D eigenvalue weighted by Crippen LogP contribution is -2.41. The van der Waals surface area contributed by atoms with Crippen molar-refractivity contribution in [2.24, 2.45) is 5.92 Å². The molecule has 7 nitrogen and oxygen atoms in total. The van der Waals surface area contributed by atoms with Crippen molar-refractivity contribution in [2.45, 2.75) is 45.8 Å². The molecule has 0 bridgehead atoms. The number of carbonyl (C=O) groups excluding carboxylic acids is 2. The Morgan fingerprint density at radius 3 is 2.79 bits per heavy atom. The minimum Gasteiger partial charge on any atom is -0.351 e. The molecule has 2 aromatic rings. The van der Waals surface area contributed by atoms with E-state index in [1.807, 2.05) is 45.0 Å². The normalized spacial score (nSPS) is 19.2. The third kappa shape index (κ3) is 3.25. The molecule has 1 aliphatic heterocycles. The fraction of sp³-hybridized carbons (Fsp3) is 0.529. The summed E-state index contributed by atoms with van der Waals surface area (Å²) in [5.74, 6) is -0.279. The molecule has 0 aliphatic carbocycles. The van der Waals surface area contributed by atoms with Crippen LogP contribution in [0.25, 0.3) is 11.0 Å². The highest BCUT2D eigenvalue weighted by Crippen LogP contribution is 2.20. The Hall–Kier alpha value is -2.44. The van der Waals surface area contributed by atoms with Gasteiger partial charge in [-0.25, -0.2) is 4.68 Å². The lowest BCUT2D eigenvalue weighted by atomic mass is 10.1. The SMILES string of the molecule is CC(C)N1CC(C(=O)N[C@H](C)Cn2nnc3ccccc32)CC1=O. The van der Waals surface area contributed by atoms with Crippen LogP contribution >= 0.6 is 0 Å². The molecule has 128 valence electrons. The fourth-order valence-corrected chi connectivity index (χ4v) is 3.12. The lowest BCUT2D eigenvalue weighted by molar-refractivity contribution is -0.130. The Bertz CT molecular complexity index is 754. The number of fused-ring (bicyclic) bond motifs is 1. The smallest absolute Gasteiger partial charge is 0.225 e. The van der Waals surface area contributed by atoms with Crippen LogP contribution in [0.1, 0.15) is 27.2 Å². The summed E-state index contributed by atoms with van der Waals surface area (Å²) in [6.07, 6.45) is 0.295. The number of rotatable bonds is 5. The van der Waals surface area contributed by atoms with Gasteiger partial charge < -0.3 is 10.2 Å². The molecular weight excluding hydrogens is 306 g/mol. The molecule has 0 saturated carbocycles. The molecule has 1 N–H and O–H groups in total. The molecule has 2 amide bonds. The summed E-state index contributed by atoms with van der Waals surface area (Å²) in [7, 11) is 0. The van der Waals surface area contributed by atoms with E-state index < -0.39 is 0 Å². The maximum Gasteiger partial charge on any atom is 0.225 e. The number of nitrogens with zero attached hydrogens (tertiary/aromatic N) is 4. The first kappa shape index (κ1) is 16.4. The van der Waals surface area contributed by atoms with E-state index in [1.54, 1.807) is 9.58 Å². The van der Waals surface area contributed by atoms with Gasteiger partial charge in [-0.1, -0.05) is 17.3 Å². The van der Waals surface area contributed by atoms with E-state index in [2.05, 4.69) is 15.6 Å². The predicted octanol–water partition coefficient (Wildman–Crippen LogP) is 1.19. The van der Waals surface area contributed by atoms with Gasteiger partial charge in [-0.15, -0.1) is 5.10 Å². The molecule has 7 heteroatoms. The maximum absolute atomic E-state index is 12.4. The van der Waals surface area contributed by atoms with Crippen molar-refractivity contribution < 1.29 is 9.59 Å². The second-order valence-corrected chi connectivity index (χ2v) is 6.71. The molecule has 1 aliphatic rings. The molecule has 0 spiro atoms. The van der Waals surface area contributed by atoms with Gasteiger partial charge in [0.25, 0.3) is 0 Å². The maximum atomic E-state index is 12.4. The predicted molar refractivity (Wildman–Crippen MR) is 90.1 cm³/mol. The number of nitrogens with one attached hydrogen (secondary N) is 1. The van der Waals surface area contributed by atoms with Crippen LogP contribution < -0.4 is 5.32 Å². The summed E-state index contributed by atoms with van der Waals surface area (Å²) >= 11 is 0. The van der Waals surface area contributed by atoms with Gasteiger partial charge >= 0.3 is 0 Å². The largest absolute Gasteiger partial charge is 0.351 e. The van der Waals surface area contributed by atoms with Gasteiger partial charge in [0.2, 0.25) is 11.8 Å². The number of likely N-dealkylation sites (tertiary alicyclic amines) is 1. The van der Waals surface area contributed by atoms with Crippen LogP contribution in [0.3, 0.4) is 0 Å². The molecule has 3 rings (SSSR count). The lowest BCUT2D eigenvalue weighted by Gasteiger charge is -2.21. The summed E-state index contributed by atoms with van der Waals surface area (Å²) in [6.45, 7) is 6.92. The fourth-order valence-electron chi connectivity index (χ4n) is 3.12. The van der Waals surface area contributed by atoms with Gasteiger partial charge in [0.1, 0.15) is 5.52 Å². The van der Waals surface area contributed by atoms with Gasteiger partial charge in [0.15, 0.2) is 0 Å². The zero-order chi connectivity index (χ0) is 17.3. The monoisotopic (exact) mass is 329 g/mol. The van der Waals surface area contributed by atoms with Crippen LogP contribution in [0.4, 0.5) is 0 Å². The van der Waals surface area contributed by atoms with Crippen molar-refractivity contribution in [3.05, 3.63) is 24.3 Å². The zero-order valence-electron chi connectivity index (χ0n) is 14.3. The number of carbonyl (C=O) groups is 2. The number of aromatic nitrogens is 3. The number of hydrogen-bond acceptors (Lipinski definition) is 4. The molecule has 1 saturated heterocycles. The molecule has 1 aromatic heterocycles. The van der Waals surface area contributed by atoms with Gasteiger partial charge in [0, 0.05) is 25.0 Å². The summed E-state index contributed by atoms with van der Waals surface area (Å²) in [4.78, 5) is 26.1. The standard InChI is InChI=1S/C17H23N5O2/c1-11(2)21-10-13(8-16(21)23)17(24)18-12(3)9-22-15-7-5-4-6-14(15)19-20-22/h4-7,11-13H,8-10H2,1-3H3,(H,18,24)/t12-,13?/m1/s1. The Kier molecular flexibility index (Phi) is 4.51. The summed E-state index contributed by atoms with van der Waals surface area (Å²) in [5, 5.41) is 11.3. The van der Waals surface area contributed by atoms with Crippen molar-refractivity contribution in [3.63, 3.8) is 0 Å². The van der Waals surface area contributed by atoms with Crippen LogP contribution in [-0.4, -0.2) is 50.3 Å². The molecule has 2 atom stereocenters. The summed E-state index contributed by atoms with van der Waals surface area (Å²) in [6, 6.07) is 7.77. The van der Waals surface area contributed by atoms with Gasteiger partial charge in [-0.05, 0) is 32.9 Å². The molecule has 0 radical (unpaired) electrons. The van der Waals surface area contributed by atoms with Crippen molar-refractivity contribution in [1.82, 2.24) is 25.2 Å². The van der Waals surface area contributed by atoms with E-state index in [9.17, 15) is 9.59 Å². The Labute approximate surface area is 141 Å². The second-order valence-electron chi connectivity index (χ2n) is 6.71. The van der Waals surface area contributed by atoms with E-state index in [4.69, 9.17) is 0 Å². The third-order valence-electron chi connectivity index (χ3n) is 4.41. The van der Waals surface area contributed by atoms with E-state index in [1.165, 1.54) is 0 Å². The average molecular weight is 329 g/mol. The van der Waals surface area contributed by atoms with E-state index in [0.717, 1.165) is 11.0 Å². The van der Waals surface area contributed by atoms with Crippen molar-refractivity contribution in [3.8, 4) is 0 Å². The molecule has 1 aromatic carbocycles. The first-order valence-corrected chi connectivity index (χ1v) is 8.33. The van der Waals surface area contributed by atoms with E-state index in [-0.39, 0.29) is 29.8 Å². The number of hydrogen-bond donors (Lipinski definition) is 1. The summed E-state index contributed by atoms with van der Waals surface area (Å²) < 4.78 is 1.79. The van der Waals surface area contributed by atoms with Crippen LogP contribution in [0, 0.1) is 5.92 Å². The molecule has 2 heterocycles. The topological polar surface area (TPSA) is 80.1 Å². The van der Waals surface area contributed by atoms with E-state index in [0.29, 0.717) is 19.5 Å². The number of para-hydroxylation sites is 1.